The lowest BCUT2D eigenvalue weighted by Gasteiger charge is -2.16. The molecule has 6 heteroatoms. The highest BCUT2D eigenvalue weighted by Gasteiger charge is 2.15. The zero-order valence-corrected chi connectivity index (χ0v) is 19.3. The Kier molecular flexibility index (Phi) is 6.78. The highest BCUT2D eigenvalue weighted by Crippen LogP contribution is 2.28. The molecular formula is C28H26N2O4. The molecule has 0 aliphatic rings. The quantitative estimate of drug-likeness (QED) is 0.324. The molecule has 0 radical (unpaired) electrons. The van der Waals surface area contributed by atoms with E-state index in [1.807, 2.05) is 67.6 Å². The third kappa shape index (κ3) is 4.86. The van der Waals surface area contributed by atoms with Crippen molar-refractivity contribution >= 4 is 23.3 Å². The molecule has 1 aromatic heterocycles. The minimum atomic E-state index is -0.360. The number of carbonyl (C=O) groups is 2. The van der Waals surface area contributed by atoms with Crippen molar-refractivity contribution in [2.45, 2.75) is 20.4 Å². The molecular weight excluding hydrogens is 428 g/mol. The first-order valence-electron chi connectivity index (χ1n) is 10.9. The molecule has 0 spiro atoms. The van der Waals surface area contributed by atoms with E-state index in [0.29, 0.717) is 23.4 Å². The van der Waals surface area contributed by atoms with Crippen molar-refractivity contribution in [2.75, 3.05) is 17.7 Å². The molecule has 4 aromatic rings. The van der Waals surface area contributed by atoms with E-state index in [-0.39, 0.29) is 11.9 Å². The number of anilines is 2. The summed E-state index contributed by atoms with van der Waals surface area (Å²) in [6.07, 6.45) is 1.51. The van der Waals surface area contributed by atoms with Crippen LogP contribution in [0.3, 0.4) is 0 Å². The number of aryl methyl sites for hydroxylation is 2. The number of para-hydroxylation sites is 1. The number of rotatable bonds is 7. The van der Waals surface area contributed by atoms with Gasteiger partial charge in [0.15, 0.2) is 0 Å². The number of carbonyl (C=O) groups excluding carboxylic acids is 2. The van der Waals surface area contributed by atoms with Gasteiger partial charge in [0.05, 0.1) is 35.9 Å². The summed E-state index contributed by atoms with van der Waals surface area (Å²) in [4.78, 5) is 24.8. The van der Waals surface area contributed by atoms with Gasteiger partial charge in [-0.3, -0.25) is 4.79 Å². The van der Waals surface area contributed by atoms with Crippen LogP contribution in [0.4, 0.5) is 11.4 Å². The summed E-state index contributed by atoms with van der Waals surface area (Å²) < 4.78 is 10.2. The summed E-state index contributed by atoms with van der Waals surface area (Å²) in [7, 11) is 1.38. The highest BCUT2D eigenvalue weighted by molar-refractivity contribution is 6.07. The van der Waals surface area contributed by atoms with Crippen LogP contribution in [0.15, 0.2) is 83.5 Å². The van der Waals surface area contributed by atoms with Crippen molar-refractivity contribution in [3.8, 4) is 11.1 Å². The maximum Gasteiger partial charge on any atom is 0.338 e. The van der Waals surface area contributed by atoms with Crippen LogP contribution < -0.4 is 10.6 Å². The number of hydrogen-bond donors (Lipinski definition) is 2. The minimum Gasteiger partial charge on any atom is -0.469 e. The van der Waals surface area contributed by atoms with Gasteiger partial charge < -0.3 is 19.8 Å². The molecule has 0 saturated heterocycles. The second kappa shape index (κ2) is 10.1. The van der Waals surface area contributed by atoms with E-state index in [1.165, 1.54) is 13.4 Å². The molecule has 1 heterocycles. The van der Waals surface area contributed by atoms with Gasteiger partial charge in [0, 0.05) is 6.54 Å². The number of esters is 1. The van der Waals surface area contributed by atoms with Crippen LogP contribution in [0.5, 0.6) is 0 Å². The maximum absolute atomic E-state index is 12.7. The maximum atomic E-state index is 12.7. The van der Waals surface area contributed by atoms with Crippen LogP contribution in [0.25, 0.3) is 11.1 Å². The number of nitrogens with one attached hydrogen (secondary N) is 2. The topological polar surface area (TPSA) is 80.6 Å². The van der Waals surface area contributed by atoms with Crippen LogP contribution in [-0.4, -0.2) is 19.0 Å². The van der Waals surface area contributed by atoms with E-state index in [2.05, 4.69) is 10.6 Å². The monoisotopic (exact) mass is 454 g/mol. The Morgan fingerprint density at radius 3 is 2.35 bits per heavy atom. The van der Waals surface area contributed by atoms with Crippen molar-refractivity contribution in [3.63, 3.8) is 0 Å². The highest BCUT2D eigenvalue weighted by atomic mass is 16.5. The first-order valence-corrected chi connectivity index (χ1v) is 10.9. The van der Waals surface area contributed by atoms with Gasteiger partial charge in [-0.05, 0) is 54.3 Å². The molecule has 172 valence electrons. The smallest absolute Gasteiger partial charge is 0.338 e. The van der Waals surface area contributed by atoms with Crippen molar-refractivity contribution in [3.05, 3.63) is 107 Å². The van der Waals surface area contributed by atoms with Crippen molar-refractivity contribution in [1.29, 1.82) is 0 Å². The first kappa shape index (κ1) is 22.9. The summed E-state index contributed by atoms with van der Waals surface area (Å²) >= 11 is 0. The third-order valence-electron chi connectivity index (χ3n) is 5.70. The molecule has 4 rings (SSSR count). The summed E-state index contributed by atoms with van der Waals surface area (Å²) in [6.45, 7) is 4.28. The van der Waals surface area contributed by atoms with Crippen LogP contribution in [0, 0.1) is 13.8 Å². The Hall–Kier alpha value is -4.32. The molecule has 0 fully saturated rings. The summed E-state index contributed by atoms with van der Waals surface area (Å²) in [6, 6.07) is 22.9. The predicted octanol–water partition coefficient (Wildman–Crippen LogP) is 6.21. The molecule has 2 N–H and O–H groups in total. The minimum absolute atomic E-state index is 0.211. The lowest BCUT2D eigenvalue weighted by atomic mass is 9.98. The Morgan fingerprint density at radius 2 is 1.65 bits per heavy atom. The summed E-state index contributed by atoms with van der Waals surface area (Å²) in [5, 5.41) is 6.43. The van der Waals surface area contributed by atoms with Gasteiger partial charge in [-0.15, -0.1) is 0 Å². The molecule has 0 aliphatic heterocycles. The number of hydrogen-bond acceptors (Lipinski definition) is 5. The number of methoxy groups -OCH3 is 1. The molecule has 34 heavy (non-hydrogen) atoms. The van der Waals surface area contributed by atoms with Crippen molar-refractivity contribution in [1.82, 2.24) is 0 Å². The standard InChI is InChI=1S/C28H26N2O4/c1-18-7-6-10-25(26(18)30-27(31)22-15-16-34-19(22)2)29-17-20-11-13-21(14-12-20)23-8-4-5-9-24(23)28(32)33-3/h4-16,29H,17H2,1-3H3,(H,30,31). The largest absolute Gasteiger partial charge is 0.469 e. The van der Waals surface area contributed by atoms with E-state index in [9.17, 15) is 9.59 Å². The van der Waals surface area contributed by atoms with Crippen LogP contribution >= 0.6 is 0 Å². The Labute approximate surface area is 198 Å². The van der Waals surface area contributed by atoms with Crippen LogP contribution in [0.2, 0.25) is 0 Å². The fourth-order valence-corrected chi connectivity index (χ4v) is 3.80. The molecule has 0 unspecified atom stereocenters. The zero-order valence-electron chi connectivity index (χ0n) is 19.3. The molecule has 0 saturated carbocycles. The predicted molar refractivity (Wildman–Crippen MR) is 133 cm³/mol. The summed E-state index contributed by atoms with van der Waals surface area (Å²) in [5.74, 6) is 0.00709. The zero-order chi connectivity index (χ0) is 24.1. The lowest BCUT2D eigenvalue weighted by molar-refractivity contribution is 0.0601. The average Bonchev–Trinajstić information content (AvgIpc) is 3.30. The molecule has 0 atom stereocenters. The van der Waals surface area contributed by atoms with Gasteiger partial charge >= 0.3 is 5.97 Å². The third-order valence-corrected chi connectivity index (χ3v) is 5.70. The van der Waals surface area contributed by atoms with Crippen LogP contribution in [-0.2, 0) is 11.3 Å². The number of benzene rings is 3. The van der Waals surface area contributed by atoms with Crippen molar-refractivity contribution in [2.24, 2.45) is 0 Å². The van der Waals surface area contributed by atoms with E-state index >= 15 is 0 Å². The molecule has 0 aliphatic carbocycles. The second-order valence-corrected chi connectivity index (χ2v) is 7.93. The fourth-order valence-electron chi connectivity index (χ4n) is 3.80. The normalized spacial score (nSPS) is 10.6. The first-order chi connectivity index (χ1) is 16.5. The number of amides is 1. The van der Waals surface area contributed by atoms with E-state index in [4.69, 9.17) is 9.15 Å². The van der Waals surface area contributed by atoms with Gasteiger partial charge in [-0.25, -0.2) is 4.79 Å². The van der Waals surface area contributed by atoms with Gasteiger partial charge in [0.2, 0.25) is 0 Å². The Morgan fingerprint density at radius 1 is 0.882 bits per heavy atom. The van der Waals surface area contributed by atoms with E-state index < -0.39 is 0 Å². The lowest BCUT2D eigenvalue weighted by Crippen LogP contribution is -2.15. The summed E-state index contributed by atoms with van der Waals surface area (Å²) in [5.41, 5.74) is 6.38. The SMILES string of the molecule is COC(=O)c1ccccc1-c1ccc(CNc2cccc(C)c2NC(=O)c2ccoc2C)cc1. The average molecular weight is 455 g/mol. The molecule has 0 bridgehead atoms. The van der Waals surface area contributed by atoms with Crippen molar-refractivity contribution < 1.29 is 18.7 Å². The van der Waals surface area contributed by atoms with E-state index in [1.54, 1.807) is 19.1 Å². The van der Waals surface area contributed by atoms with Gasteiger partial charge in [-0.1, -0.05) is 54.6 Å². The molecule has 3 aromatic carbocycles. The number of furan rings is 1. The van der Waals surface area contributed by atoms with Gasteiger partial charge in [0.1, 0.15) is 5.76 Å². The Bertz CT molecular complexity index is 1320. The van der Waals surface area contributed by atoms with E-state index in [0.717, 1.165) is 33.6 Å². The van der Waals surface area contributed by atoms with Gasteiger partial charge in [0.25, 0.3) is 5.91 Å². The number of ether oxygens (including phenoxy) is 1. The van der Waals surface area contributed by atoms with Gasteiger partial charge in [-0.2, -0.15) is 0 Å². The Balaban J connectivity index is 1.50. The van der Waals surface area contributed by atoms with Crippen LogP contribution in [0.1, 0.15) is 37.6 Å². The second-order valence-electron chi connectivity index (χ2n) is 7.93. The fraction of sp³-hybridized carbons (Fsp3) is 0.143. The molecule has 1 amide bonds. The molecule has 6 nitrogen and oxygen atoms in total.